The van der Waals surface area contributed by atoms with Crippen molar-refractivity contribution >= 4 is 23.3 Å². The van der Waals surface area contributed by atoms with Gasteiger partial charge in [-0.05, 0) is 45.4 Å². The fourth-order valence-corrected chi connectivity index (χ4v) is 2.15. The number of nitrogens with one attached hydrogen (secondary N) is 1. The summed E-state index contributed by atoms with van der Waals surface area (Å²) in [5.41, 5.74) is 2.14. The first kappa shape index (κ1) is 13.1. The summed E-state index contributed by atoms with van der Waals surface area (Å²) in [5.74, 6) is 0.850. The van der Waals surface area contributed by atoms with Crippen LogP contribution in [-0.2, 0) is 6.54 Å². The molecular formula is C13H19N3OS. The van der Waals surface area contributed by atoms with Crippen molar-refractivity contribution in [2.45, 2.75) is 19.5 Å². The molecular weight excluding hydrogens is 246 g/mol. The predicted octanol–water partition coefficient (Wildman–Crippen LogP) is 2.66. The van der Waals surface area contributed by atoms with E-state index in [-0.39, 0.29) is 0 Å². The Balaban J connectivity index is 2.48. The first-order chi connectivity index (χ1) is 8.52. The largest absolute Gasteiger partial charge is 0.497 e. The Morgan fingerprint density at radius 1 is 1.44 bits per heavy atom. The normalized spacial score (nSPS) is 13.2. The number of H-pyrrole nitrogens is 1. The zero-order valence-electron chi connectivity index (χ0n) is 11.2. The van der Waals surface area contributed by atoms with Crippen LogP contribution in [0.5, 0.6) is 5.75 Å². The average Bonchev–Trinajstić information content (AvgIpc) is 2.65. The molecule has 2 aromatic rings. The summed E-state index contributed by atoms with van der Waals surface area (Å²) in [6.45, 7) is 3.04. The van der Waals surface area contributed by atoms with Crippen LogP contribution in [0.2, 0.25) is 0 Å². The summed E-state index contributed by atoms with van der Waals surface area (Å²) in [7, 11) is 5.82. The smallest absolute Gasteiger partial charge is 0.178 e. The number of benzene rings is 1. The molecule has 0 fully saturated rings. The Morgan fingerprint density at radius 2 is 2.17 bits per heavy atom. The van der Waals surface area contributed by atoms with Crippen molar-refractivity contribution in [2.24, 2.45) is 0 Å². The average molecular weight is 265 g/mol. The third kappa shape index (κ3) is 2.42. The Morgan fingerprint density at radius 3 is 2.78 bits per heavy atom. The van der Waals surface area contributed by atoms with Crippen LogP contribution in [0.3, 0.4) is 0 Å². The molecule has 1 heterocycles. The summed E-state index contributed by atoms with van der Waals surface area (Å²) in [4.78, 5) is 5.41. The van der Waals surface area contributed by atoms with Gasteiger partial charge in [-0.3, -0.25) is 0 Å². The lowest BCUT2D eigenvalue weighted by Gasteiger charge is -2.20. The second kappa shape index (κ2) is 5.12. The Bertz CT molecular complexity index is 600. The first-order valence-electron chi connectivity index (χ1n) is 5.96. The number of ether oxygens (including phenoxy) is 1. The summed E-state index contributed by atoms with van der Waals surface area (Å²) in [5, 5.41) is 0. The van der Waals surface area contributed by atoms with Crippen molar-refractivity contribution < 1.29 is 4.74 Å². The third-order valence-electron chi connectivity index (χ3n) is 3.31. The van der Waals surface area contributed by atoms with Crippen LogP contribution in [-0.4, -0.2) is 41.7 Å². The monoisotopic (exact) mass is 265 g/mol. The van der Waals surface area contributed by atoms with Gasteiger partial charge >= 0.3 is 0 Å². The first-order valence-corrected chi connectivity index (χ1v) is 6.36. The summed E-state index contributed by atoms with van der Waals surface area (Å²) < 4.78 is 8.15. The van der Waals surface area contributed by atoms with E-state index >= 15 is 0 Å². The maximum absolute atomic E-state index is 5.39. The van der Waals surface area contributed by atoms with Gasteiger partial charge in [0.2, 0.25) is 0 Å². The van der Waals surface area contributed by atoms with Crippen LogP contribution in [0, 0.1) is 4.77 Å². The molecule has 0 aliphatic rings. The minimum atomic E-state index is 0.418. The van der Waals surface area contributed by atoms with E-state index in [2.05, 4.69) is 35.5 Å². The molecule has 0 saturated heterocycles. The quantitative estimate of drug-likeness (QED) is 0.863. The van der Waals surface area contributed by atoms with Crippen LogP contribution in [0.1, 0.15) is 6.92 Å². The number of rotatable bonds is 4. The standard InChI is InChI=1S/C13H19N3OS/c1-9(15(2)3)8-16-12-7-10(17-4)5-6-11(12)14-13(16)18/h5-7,9H,8H2,1-4H3,(H,14,18). The molecule has 0 spiro atoms. The number of aromatic amines is 1. The zero-order chi connectivity index (χ0) is 13.3. The molecule has 1 aromatic carbocycles. The SMILES string of the molecule is COc1ccc2[nH]c(=S)n(CC(C)N(C)C)c2c1. The third-order valence-corrected chi connectivity index (χ3v) is 3.63. The van der Waals surface area contributed by atoms with E-state index in [0.717, 1.165) is 28.1 Å². The van der Waals surface area contributed by atoms with Gasteiger partial charge in [0.05, 0.1) is 18.1 Å². The van der Waals surface area contributed by atoms with Crippen LogP contribution < -0.4 is 4.74 Å². The molecule has 0 bridgehead atoms. The highest BCUT2D eigenvalue weighted by molar-refractivity contribution is 7.71. The van der Waals surface area contributed by atoms with E-state index in [1.54, 1.807) is 7.11 Å². The van der Waals surface area contributed by atoms with E-state index in [9.17, 15) is 0 Å². The van der Waals surface area contributed by atoms with Crippen LogP contribution in [0.15, 0.2) is 18.2 Å². The zero-order valence-corrected chi connectivity index (χ0v) is 12.0. The van der Waals surface area contributed by atoms with Crippen LogP contribution in [0.25, 0.3) is 11.0 Å². The highest BCUT2D eigenvalue weighted by Gasteiger charge is 2.10. The van der Waals surface area contributed by atoms with Gasteiger partial charge < -0.3 is 19.2 Å². The molecule has 4 nitrogen and oxygen atoms in total. The van der Waals surface area contributed by atoms with Gasteiger partial charge in [0.1, 0.15) is 5.75 Å². The van der Waals surface area contributed by atoms with Crippen molar-refractivity contribution in [3.8, 4) is 5.75 Å². The molecule has 0 radical (unpaired) electrons. The molecule has 98 valence electrons. The molecule has 1 unspecified atom stereocenters. The Labute approximate surface area is 112 Å². The topological polar surface area (TPSA) is 33.2 Å². The number of nitrogens with zero attached hydrogens (tertiary/aromatic N) is 2. The van der Waals surface area contributed by atoms with Gasteiger partial charge in [0, 0.05) is 18.7 Å². The van der Waals surface area contributed by atoms with Crippen molar-refractivity contribution in [2.75, 3.05) is 21.2 Å². The maximum atomic E-state index is 5.39. The lowest BCUT2D eigenvalue weighted by molar-refractivity contribution is 0.285. The number of hydrogen-bond acceptors (Lipinski definition) is 3. The van der Waals surface area contributed by atoms with Gasteiger partial charge in [0.15, 0.2) is 4.77 Å². The van der Waals surface area contributed by atoms with Crippen molar-refractivity contribution in [3.63, 3.8) is 0 Å². The number of methoxy groups -OCH3 is 1. The van der Waals surface area contributed by atoms with Gasteiger partial charge in [0.25, 0.3) is 0 Å². The molecule has 1 atom stereocenters. The second-order valence-corrected chi connectivity index (χ2v) is 5.12. The van der Waals surface area contributed by atoms with Crippen molar-refractivity contribution in [1.82, 2.24) is 14.5 Å². The van der Waals surface area contributed by atoms with Crippen LogP contribution in [0.4, 0.5) is 0 Å². The Kier molecular flexibility index (Phi) is 3.73. The highest BCUT2D eigenvalue weighted by Crippen LogP contribution is 2.21. The van der Waals surface area contributed by atoms with Crippen molar-refractivity contribution in [1.29, 1.82) is 0 Å². The minimum Gasteiger partial charge on any atom is -0.497 e. The van der Waals surface area contributed by atoms with Crippen LogP contribution >= 0.6 is 12.2 Å². The van der Waals surface area contributed by atoms with Gasteiger partial charge in [-0.1, -0.05) is 0 Å². The number of aromatic nitrogens is 2. The van der Waals surface area contributed by atoms with E-state index in [4.69, 9.17) is 17.0 Å². The number of likely N-dealkylation sites (N-methyl/N-ethyl adjacent to an activating group) is 1. The highest BCUT2D eigenvalue weighted by atomic mass is 32.1. The van der Waals surface area contributed by atoms with Gasteiger partial charge in [-0.2, -0.15) is 0 Å². The molecule has 1 aromatic heterocycles. The van der Waals surface area contributed by atoms with E-state index in [1.807, 2.05) is 18.2 Å². The lowest BCUT2D eigenvalue weighted by Crippen LogP contribution is -2.29. The molecule has 2 rings (SSSR count). The summed E-state index contributed by atoms with van der Waals surface area (Å²) >= 11 is 5.39. The molecule has 18 heavy (non-hydrogen) atoms. The number of hydrogen-bond donors (Lipinski definition) is 1. The molecule has 0 aliphatic carbocycles. The summed E-state index contributed by atoms with van der Waals surface area (Å²) in [6, 6.07) is 6.37. The number of fused-ring (bicyclic) bond motifs is 1. The van der Waals surface area contributed by atoms with E-state index in [0.29, 0.717) is 6.04 Å². The van der Waals surface area contributed by atoms with Gasteiger partial charge in [-0.15, -0.1) is 0 Å². The molecule has 1 N–H and O–H groups in total. The number of imidazole rings is 1. The molecule has 5 heteroatoms. The Hall–Kier alpha value is -1.33. The fourth-order valence-electron chi connectivity index (χ4n) is 1.87. The fraction of sp³-hybridized carbons (Fsp3) is 0.462. The van der Waals surface area contributed by atoms with Crippen molar-refractivity contribution in [3.05, 3.63) is 23.0 Å². The minimum absolute atomic E-state index is 0.418. The van der Waals surface area contributed by atoms with E-state index in [1.165, 1.54) is 0 Å². The van der Waals surface area contributed by atoms with Gasteiger partial charge in [-0.25, -0.2) is 0 Å². The molecule has 0 aliphatic heterocycles. The molecule has 0 amide bonds. The van der Waals surface area contributed by atoms with E-state index < -0.39 is 0 Å². The maximum Gasteiger partial charge on any atom is 0.178 e. The second-order valence-electron chi connectivity index (χ2n) is 4.74. The predicted molar refractivity (Wildman–Crippen MR) is 76.8 cm³/mol. The lowest BCUT2D eigenvalue weighted by atomic mass is 10.2. The summed E-state index contributed by atoms with van der Waals surface area (Å²) in [6.07, 6.45) is 0. The molecule has 0 saturated carbocycles.